The molecule has 202 valence electrons. The molecule has 0 aliphatic carbocycles. The highest BCUT2D eigenvalue weighted by Gasteiger charge is 2.13. The smallest absolute Gasteiger partial charge is 0.231 e. The highest BCUT2D eigenvalue weighted by molar-refractivity contribution is 5.82. The molecule has 4 aromatic carbocycles. The summed E-state index contributed by atoms with van der Waals surface area (Å²) in [6, 6.07) is 30.2. The van der Waals surface area contributed by atoms with Gasteiger partial charge in [-0.05, 0) is 83.5 Å². The first-order valence-electron chi connectivity index (χ1n) is 14.1. The van der Waals surface area contributed by atoms with Gasteiger partial charge in [0.25, 0.3) is 0 Å². The van der Waals surface area contributed by atoms with Gasteiger partial charge in [0.15, 0.2) is 11.5 Å². The topological polar surface area (TPSA) is 18.5 Å². The van der Waals surface area contributed by atoms with Crippen LogP contribution in [0, 0.1) is 24.7 Å². The lowest BCUT2D eigenvalue weighted by Gasteiger charge is -2.06. The lowest BCUT2D eigenvalue weighted by atomic mass is 10.00. The van der Waals surface area contributed by atoms with Crippen LogP contribution in [0.5, 0.6) is 11.5 Å². The van der Waals surface area contributed by atoms with Crippen LogP contribution < -0.4 is 9.47 Å². The maximum absolute atomic E-state index is 5.30. The highest BCUT2D eigenvalue weighted by Crippen LogP contribution is 2.33. The number of fused-ring (bicyclic) bond motifs is 2. The number of hydrogen-bond donors (Lipinski definition) is 0. The summed E-state index contributed by atoms with van der Waals surface area (Å²) in [6.07, 6.45) is 3.46. The molecule has 1 aliphatic heterocycles. The van der Waals surface area contributed by atoms with Gasteiger partial charge in [-0.1, -0.05) is 120 Å². The Morgan fingerprint density at radius 2 is 1.03 bits per heavy atom. The third kappa shape index (κ3) is 9.89. The van der Waals surface area contributed by atoms with Gasteiger partial charge < -0.3 is 9.47 Å². The molecule has 0 N–H and O–H groups in total. The Morgan fingerprint density at radius 1 is 0.526 bits per heavy atom. The Hall–Kier alpha value is -3.26. The van der Waals surface area contributed by atoms with Crippen LogP contribution in [-0.2, 0) is 19.3 Å². The minimum absolute atomic E-state index is 0.362. The number of ether oxygens (including phenoxy) is 2. The van der Waals surface area contributed by atoms with Gasteiger partial charge in [-0.25, -0.2) is 0 Å². The minimum atomic E-state index is 0.362. The molecule has 1 aliphatic rings. The molecule has 0 bridgehead atoms. The summed E-state index contributed by atoms with van der Waals surface area (Å²) in [5, 5.41) is 2.69. The van der Waals surface area contributed by atoms with E-state index >= 15 is 0 Å². The van der Waals surface area contributed by atoms with E-state index in [1.54, 1.807) is 0 Å². The first kappa shape index (κ1) is 29.3. The van der Waals surface area contributed by atoms with Crippen molar-refractivity contribution in [2.75, 3.05) is 6.79 Å². The van der Waals surface area contributed by atoms with Crippen LogP contribution in [0.15, 0.2) is 84.9 Å². The molecule has 0 fully saturated rings. The average Bonchev–Trinajstić information content (AvgIpc) is 3.33. The summed E-state index contributed by atoms with van der Waals surface area (Å²) >= 11 is 0. The predicted octanol–water partition coefficient (Wildman–Crippen LogP) is 9.85. The lowest BCUT2D eigenvalue weighted by molar-refractivity contribution is 0.174. The van der Waals surface area contributed by atoms with Crippen LogP contribution in [0.25, 0.3) is 10.8 Å². The third-order valence-electron chi connectivity index (χ3n) is 6.30. The van der Waals surface area contributed by atoms with Gasteiger partial charge in [0.2, 0.25) is 6.79 Å². The van der Waals surface area contributed by atoms with Crippen molar-refractivity contribution in [3.8, 4) is 11.5 Å². The first-order chi connectivity index (χ1) is 18.2. The summed E-state index contributed by atoms with van der Waals surface area (Å²) in [6.45, 7) is 15.9. The van der Waals surface area contributed by atoms with E-state index in [-0.39, 0.29) is 0 Å². The molecule has 0 aromatic heterocycles. The molecule has 1 heterocycles. The zero-order valence-electron chi connectivity index (χ0n) is 24.5. The SMILES string of the molecule is CC(C)Cc1ccc2c(c1)OCO2.CC(C)Cc1ccc2ccccc2c1.Cc1ccc(CC(C)C)cc1. The Kier molecular flexibility index (Phi) is 11.3. The van der Waals surface area contributed by atoms with Crippen molar-refractivity contribution in [1.82, 2.24) is 0 Å². The van der Waals surface area contributed by atoms with Gasteiger partial charge in [-0.2, -0.15) is 0 Å². The van der Waals surface area contributed by atoms with E-state index in [4.69, 9.17) is 9.47 Å². The van der Waals surface area contributed by atoms with Crippen molar-refractivity contribution in [1.29, 1.82) is 0 Å². The summed E-state index contributed by atoms with van der Waals surface area (Å²) in [7, 11) is 0. The summed E-state index contributed by atoms with van der Waals surface area (Å²) in [4.78, 5) is 0. The van der Waals surface area contributed by atoms with Crippen LogP contribution in [0.3, 0.4) is 0 Å². The largest absolute Gasteiger partial charge is 0.454 e. The number of benzene rings is 4. The molecular weight excluding hydrogens is 464 g/mol. The molecule has 2 nitrogen and oxygen atoms in total. The minimum Gasteiger partial charge on any atom is -0.454 e. The van der Waals surface area contributed by atoms with Crippen molar-refractivity contribution in [3.63, 3.8) is 0 Å². The first-order valence-corrected chi connectivity index (χ1v) is 14.1. The zero-order valence-corrected chi connectivity index (χ0v) is 24.5. The van der Waals surface area contributed by atoms with Crippen LogP contribution in [0.4, 0.5) is 0 Å². The quantitative estimate of drug-likeness (QED) is 0.257. The number of rotatable bonds is 6. The van der Waals surface area contributed by atoms with Gasteiger partial charge >= 0.3 is 0 Å². The monoisotopic (exact) mass is 510 g/mol. The normalized spacial score (nSPS) is 11.8. The molecular formula is C36H46O2. The average molecular weight is 511 g/mol. The van der Waals surface area contributed by atoms with Crippen molar-refractivity contribution in [2.24, 2.45) is 17.8 Å². The standard InChI is InChI=1S/C14H16.C11H14O2.C11H16/c1-11(2)9-12-7-8-13-5-3-4-6-14(13)10-12;1-8(2)5-9-3-4-10-11(6-9)13-7-12-10;1-9(2)8-11-6-4-10(3)5-7-11/h3-8,10-11H,9H2,1-2H3;3-4,6,8H,5,7H2,1-2H3;4-7,9H,8H2,1-3H3. The molecule has 38 heavy (non-hydrogen) atoms. The third-order valence-corrected chi connectivity index (χ3v) is 6.30. The molecule has 5 rings (SSSR count). The van der Waals surface area contributed by atoms with Crippen LogP contribution in [0.1, 0.15) is 63.8 Å². The van der Waals surface area contributed by atoms with Crippen LogP contribution in [-0.4, -0.2) is 6.79 Å². The Bertz CT molecular complexity index is 1250. The fraction of sp³-hybridized carbons (Fsp3) is 0.389. The van der Waals surface area contributed by atoms with Gasteiger partial charge in [-0.3, -0.25) is 0 Å². The maximum Gasteiger partial charge on any atom is 0.231 e. The number of aryl methyl sites for hydroxylation is 1. The lowest BCUT2D eigenvalue weighted by Crippen LogP contribution is -1.94. The van der Waals surface area contributed by atoms with E-state index < -0.39 is 0 Å². The van der Waals surface area contributed by atoms with Crippen LogP contribution >= 0.6 is 0 Å². The second kappa shape index (κ2) is 14.6. The van der Waals surface area contributed by atoms with Crippen molar-refractivity contribution >= 4 is 10.8 Å². The fourth-order valence-electron chi connectivity index (χ4n) is 4.57. The molecule has 2 heteroatoms. The van der Waals surface area contributed by atoms with Gasteiger partial charge in [0.1, 0.15) is 0 Å². The molecule has 0 radical (unpaired) electrons. The van der Waals surface area contributed by atoms with Crippen molar-refractivity contribution in [2.45, 2.75) is 67.7 Å². The van der Waals surface area contributed by atoms with Gasteiger partial charge in [0.05, 0.1) is 0 Å². The molecule has 0 saturated heterocycles. The van der Waals surface area contributed by atoms with E-state index in [1.165, 1.54) is 45.9 Å². The predicted molar refractivity (Wildman–Crippen MR) is 163 cm³/mol. The summed E-state index contributed by atoms with van der Waals surface area (Å²) < 4.78 is 10.5. The van der Waals surface area contributed by atoms with Gasteiger partial charge in [0, 0.05) is 0 Å². The maximum atomic E-state index is 5.30. The fourth-order valence-corrected chi connectivity index (χ4v) is 4.57. The molecule has 0 unspecified atom stereocenters. The molecule has 0 atom stereocenters. The highest BCUT2D eigenvalue weighted by atomic mass is 16.7. The van der Waals surface area contributed by atoms with Gasteiger partial charge in [-0.15, -0.1) is 0 Å². The molecule has 4 aromatic rings. The Morgan fingerprint density at radius 3 is 1.66 bits per heavy atom. The van der Waals surface area contributed by atoms with E-state index in [0.29, 0.717) is 12.7 Å². The summed E-state index contributed by atoms with van der Waals surface area (Å²) in [5.41, 5.74) is 5.56. The Labute approximate surface area is 231 Å². The van der Waals surface area contributed by atoms with E-state index in [9.17, 15) is 0 Å². The second-order valence-corrected chi connectivity index (χ2v) is 11.6. The zero-order chi connectivity index (χ0) is 27.5. The molecule has 0 amide bonds. The molecule has 0 spiro atoms. The second-order valence-electron chi connectivity index (χ2n) is 11.6. The van der Waals surface area contributed by atoms with Crippen molar-refractivity contribution < 1.29 is 9.47 Å². The summed E-state index contributed by atoms with van der Waals surface area (Å²) in [5.74, 6) is 3.93. The number of hydrogen-bond acceptors (Lipinski definition) is 2. The van der Waals surface area contributed by atoms with E-state index in [1.807, 2.05) is 6.07 Å². The molecule has 0 saturated carbocycles. The van der Waals surface area contributed by atoms with E-state index in [0.717, 1.165) is 29.8 Å². The van der Waals surface area contributed by atoms with E-state index in [2.05, 4.69) is 127 Å². The van der Waals surface area contributed by atoms with Crippen molar-refractivity contribution in [3.05, 3.63) is 107 Å². The van der Waals surface area contributed by atoms with Crippen LogP contribution in [0.2, 0.25) is 0 Å². The Balaban J connectivity index is 0.000000159.